The molecule has 0 aromatic carbocycles. The Bertz CT molecular complexity index is 400. The van der Waals surface area contributed by atoms with Gasteiger partial charge in [0.25, 0.3) is 0 Å². The number of aliphatic hydroxyl groups excluding tert-OH is 1. The van der Waals surface area contributed by atoms with Gasteiger partial charge in [-0.15, -0.1) is 0 Å². The number of nitrogens with zero attached hydrogens (tertiary/aromatic N) is 3. The molecular formula is C14H23N3O. The van der Waals surface area contributed by atoms with E-state index < -0.39 is 0 Å². The highest BCUT2D eigenvalue weighted by Crippen LogP contribution is 2.22. The van der Waals surface area contributed by atoms with E-state index in [0.717, 1.165) is 37.3 Å². The Labute approximate surface area is 109 Å². The minimum absolute atomic E-state index is 0.222. The van der Waals surface area contributed by atoms with E-state index >= 15 is 0 Å². The lowest BCUT2D eigenvalue weighted by molar-refractivity contribution is 0.154. The summed E-state index contributed by atoms with van der Waals surface area (Å²) in [6, 6.07) is 2.06. The van der Waals surface area contributed by atoms with Crippen LogP contribution in [-0.2, 0) is 6.42 Å². The Kier molecular flexibility index (Phi) is 3.85. The molecule has 4 heteroatoms. The maximum atomic E-state index is 9.71. The van der Waals surface area contributed by atoms with E-state index in [-0.39, 0.29) is 11.5 Å². The molecule has 18 heavy (non-hydrogen) atoms. The fraction of sp³-hybridized carbons (Fsp3) is 0.714. The normalized spacial score (nSPS) is 21.1. The first-order valence-corrected chi connectivity index (χ1v) is 6.68. The number of aromatic nitrogens is 2. The highest BCUT2D eigenvalue weighted by atomic mass is 16.3. The fourth-order valence-corrected chi connectivity index (χ4v) is 2.36. The fourth-order valence-electron chi connectivity index (χ4n) is 2.36. The Morgan fingerprint density at radius 2 is 2.17 bits per heavy atom. The highest BCUT2D eigenvalue weighted by Gasteiger charge is 2.20. The minimum Gasteiger partial charge on any atom is -0.391 e. The largest absolute Gasteiger partial charge is 0.391 e. The van der Waals surface area contributed by atoms with Gasteiger partial charge in [0.15, 0.2) is 0 Å². The van der Waals surface area contributed by atoms with Gasteiger partial charge in [-0.05, 0) is 24.7 Å². The molecule has 1 aliphatic rings. The molecule has 2 heterocycles. The van der Waals surface area contributed by atoms with E-state index in [1.165, 1.54) is 0 Å². The number of anilines is 1. The molecule has 1 aromatic heterocycles. The summed E-state index contributed by atoms with van der Waals surface area (Å²) in [4.78, 5) is 10.8. The summed E-state index contributed by atoms with van der Waals surface area (Å²) in [6.45, 7) is 8.29. The molecule has 0 radical (unpaired) electrons. The van der Waals surface area contributed by atoms with Crippen LogP contribution in [0, 0.1) is 5.41 Å². The van der Waals surface area contributed by atoms with Crippen LogP contribution in [0.5, 0.6) is 0 Å². The number of β-amino-alcohol motifs (C(OH)–C–C–N with tert-alkyl or cyclic N) is 1. The lowest BCUT2D eigenvalue weighted by Crippen LogP contribution is -2.38. The van der Waals surface area contributed by atoms with Gasteiger partial charge >= 0.3 is 0 Å². The SMILES string of the molecule is CC(C)(C)Cc1cc(N2CCCC(O)C2)ncn1. The number of rotatable bonds is 2. The zero-order valence-corrected chi connectivity index (χ0v) is 11.6. The van der Waals surface area contributed by atoms with Crippen LogP contribution in [0.3, 0.4) is 0 Å². The van der Waals surface area contributed by atoms with Crippen molar-refractivity contribution in [2.75, 3.05) is 18.0 Å². The van der Waals surface area contributed by atoms with Crippen molar-refractivity contribution in [3.8, 4) is 0 Å². The second-order valence-corrected chi connectivity index (χ2v) is 6.35. The average molecular weight is 249 g/mol. The van der Waals surface area contributed by atoms with Crippen molar-refractivity contribution < 1.29 is 5.11 Å². The first-order chi connectivity index (χ1) is 8.44. The van der Waals surface area contributed by atoms with Crippen molar-refractivity contribution in [2.24, 2.45) is 5.41 Å². The topological polar surface area (TPSA) is 49.2 Å². The van der Waals surface area contributed by atoms with Crippen LogP contribution in [0.2, 0.25) is 0 Å². The number of hydrogen-bond donors (Lipinski definition) is 1. The van der Waals surface area contributed by atoms with Crippen LogP contribution in [0.15, 0.2) is 12.4 Å². The van der Waals surface area contributed by atoms with Crippen molar-refractivity contribution in [3.05, 3.63) is 18.1 Å². The number of hydrogen-bond acceptors (Lipinski definition) is 4. The third-order valence-electron chi connectivity index (χ3n) is 3.14. The summed E-state index contributed by atoms with van der Waals surface area (Å²) in [5, 5.41) is 9.71. The number of aliphatic hydroxyl groups is 1. The zero-order chi connectivity index (χ0) is 13.2. The van der Waals surface area contributed by atoms with Crippen molar-refractivity contribution in [2.45, 2.75) is 46.1 Å². The maximum Gasteiger partial charge on any atom is 0.132 e. The smallest absolute Gasteiger partial charge is 0.132 e. The molecule has 1 fully saturated rings. The van der Waals surface area contributed by atoms with Gasteiger partial charge in [0.2, 0.25) is 0 Å². The van der Waals surface area contributed by atoms with Crippen LogP contribution in [0.1, 0.15) is 39.3 Å². The summed E-state index contributed by atoms with van der Waals surface area (Å²) >= 11 is 0. The van der Waals surface area contributed by atoms with Gasteiger partial charge in [-0.25, -0.2) is 9.97 Å². The molecular weight excluding hydrogens is 226 g/mol. The summed E-state index contributed by atoms with van der Waals surface area (Å²) < 4.78 is 0. The van der Waals surface area contributed by atoms with Crippen LogP contribution in [-0.4, -0.2) is 34.3 Å². The first-order valence-electron chi connectivity index (χ1n) is 6.68. The van der Waals surface area contributed by atoms with E-state index in [2.05, 4.69) is 41.7 Å². The highest BCUT2D eigenvalue weighted by molar-refractivity contribution is 5.39. The molecule has 1 saturated heterocycles. The van der Waals surface area contributed by atoms with E-state index in [0.29, 0.717) is 6.54 Å². The maximum absolute atomic E-state index is 9.71. The van der Waals surface area contributed by atoms with Crippen molar-refractivity contribution in [1.29, 1.82) is 0 Å². The Morgan fingerprint density at radius 3 is 2.83 bits per heavy atom. The van der Waals surface area contributed by atoms with Gasteiger partial charge < -0.3 is 10.0 Å². The lowest BCUT2D eigenvalue weighted by atomic mass is 9.90. The van der Waals surface area contributed by atoms with Crippen molar-refractivity contribution in [1.82, 2.24) is 9.97 Å². The van der Waals surface area contributed by atoms with Gasteiger partial charge in [-0.3, -0.25) is 0 Å². The summed E-state index contributed by atoms with van der Waals surface area (Å²) in [5.41, 5.74) is 1.31. The van der Waals surface area contributed by atoms with Gasteiger partial charge in [-0.1, -0.05) is 20.8 Å². The third kappa shape index (κ3) is 3.67. The summed E-state index contributed by atoms with van der Waals surface area (Å²) in [7, 11) is 0. The molecule has 1 unspecified atom stereocenters. The molecule has 2 rings (SSSR count). The molecule has 4 nitrogen and oxygen atoms in total. The quantitative estimate of drug-likeness (QED) is 0.871. The van der Waals surface area contributed by atoms with Crippen LogP contribution in [0.25, 0.3) is 0 Å². The van der Waals surface area contributed by atoms with Crippen molar-refractivity contribution >= 4 is 5.82 Å². The van der Waals surface area contributed by atoms with Gasteiger partial charge in [-0.2, -0.15) is 0 Å². The number of piperidine rings is 1. The van der Waals surface area contributed by atoms with E-state index in [1.807, 2.05) is 0 Å². The average Bonchev–Trinajstić information content (AvgIpc) is 2.27. The molecule has 0 aliphatic carbocycles. The van der Waals surface area contributed by atoms with Crippen molar-refractivity contribution in [3.63, 3.8) is 0 Å². The standard InChI is InChI=1S/C14H23N3O/c1-14(2,3)8-11-7-13(16-10-15-11)17-6-4-5-12(18)9-17/h7,10,12,18H,4-6,8-9H2,1-3H3. The molecule has 0 bridgehead atoms. The van der Waals surface area contributed by atoms with Crippen LogP contribution in [0.4, 0.5) is 5.82 Å². The van der Waals surface area contributed by atoms with E-state index in [4.69, 9.17) is 0 Å². The second-order valence-electron chi connectivity index (χ2n) is 6.35. The molecule has 100 valence electrons. The Morgan fingerprint density at radius 1 is 1.39 bits per heavy atom. The van der Waals surface area contributed by atoms with Gasteiger partial charge in [0, 0.05) is 24.8 Å². The predicted molar refractivity (Wildman–Crippen MR) is 72.6 cm³/mol. The summed E-state index contributed by atoms with van der Waals surface area (Å²) in [6.07, 6.45) is 4.28. The molecule has 0 amide bonds. The molecule has 0 spiro atoms. The van der Waals surface area contributed by atoms with Crippen LogP contribution < -0.4 is 4.90 Å². The summed E-state index contributed by atoms with van der Waals surface area (Å²) in [5.74, 6) is 0.947. The lowest BCUT2D eigenvalue weighted by Gasteiger charge is -2.31. The Balaban J connectivity index is 2.11. The zero-order valence-electron chi connectivity index (χ0n) is 11.6. The molecule has 1 aromatic rings. The van der Waals surface area contributed by atoms with E-state index in [9.17, 15) is 5.11 Å². The van der Waals surface area contributed by atoms with E-state index in [1.54, 1.807) is 6.33 Å². The monoisotopic (exact) mass is 249 g/mol. The third-order valence-corrected chi connectivity index (χ3v) is 3.14. The predicted octanol–water partition coefficient (Wildman–Crippen LogP) is 2.03. The minimum atomic E-state index is -0.222. The van der Waals surface area contributed by atoms with Gasteiger partial charge in [0.05, 0.1) is 6.10 Å². The van der Waals surface area contributed by atoms with Crippen LogP contribution >= 0.6 is 0 Å². The second kappa shape index (κ2) is 5.22. The molecule has 1 atom stereocenters. The molecule has 1 N–H and O–H groups in total. The first kappa shape index (κ1) is 13.3. The van der Waals surface area contributed by atoms with Gasteiger partial charge in [0.1, 0.15) is 12.1 Å². The molecule has 0 saturated carbocycles. The molecule has 1 aliphatic heterocycles. The Hall–Kier alpha value is -1.16.